The van der Waals surface area contributed by atoms with E-state index in [1.165, 1.54) is 0 Å². The van der Waals surface area contributed by atoms with Crippen LogP contribution in [0.5, 0.6) is 5.75 Å². The first kappa shape index (κ1) is 11.0. The molecule has 0 spiro atoms. The molecular weight excluding hydrogens is 180 g/mol. The molecule has 0 aromatic heterocycles. The van der Waals surface area contributed by atoms with Crippen molar-refractivity contribution in [2.75, 3.05) is 20.8 Å². The number of aliphatic hydroxyl groups excluding tert-OH is 1. The second kappa shape index (κ2) is 5.59. The minimum atomic E-state index is -0.0918. The van der Waals surface area contributed by atoms with E-state index in [-0.39, 0.29) is 12.6 Å². The van der Waals surface area contributed by atoms with E-state index in [0.717, 1.165) is 11.3 Å². The van der Waals surface area contributed by atoms with Crippen molar-refractivity contribution >= 4 is 0 Å². The molecule has 1 unspecified atom stereocenters. The monoisotopic (exact) mass is 196 g/mol. The Morgan fingerprint density at radius 2 is 2.00 bits per heavy atom. The Balaban J connectivity index is 2.73. The molecule has 0 amide bonds. The van der Waals surface area contributed by atoms with E-state index < -0.39 is 0 Å². The summed E-state index contributed by atoms with van der Waals surface area (Å²) in [5.41, 5.74) is 6.77. The first-order valence-corrected chi connectivity index (χ1v) is 4.49. The maximum absolute atomic E-state index is 9.10. The van der Waals surface area contributed by atoms with Gasteiger partial charge >= 0.3 is 0 Å². The topological polar surface area (TPSA) is 53.5 Å². The van der Waals surface area contributed by atoms with Crippen molar-refractivity contribution in [3.8, 4) is 5.75 Å². The van der Waals surface area contributed by atoms with Crippen molar-refractivity contribution in [2.45, 2.75) is 6.04 Å². The molecule has 1 aromatic carbocycles. The Bertz CT molecular complexity index is 261. The van der Waals surface area contributed by atoms with Crippen molar-refractivity contribution in [3.63, 3.8) is 0 Å². The van der Waals surface area contributed by atoms with E-state index >= 15 is 0 Å². The normalized spacial score (nSPS) is 12.5. The second-order valence-electron chi connectivity index (χ2n) is 2.90. The van der Waals surface area contributed by atoms with Gasteiger partial charge in [-0.1, -0.05) is 12.1 Å². The van der Waals surface area contributed by atoms with Gasteiger partial charge in [0.2, 0.25) is 0 Å². The number of nitrogens with one attached hydrogen (secondary N) is 2. The van der Waals surface area contributed by atoms with Crippen LogP contribution in [-0.4, -0.2) is 25.9 Å². The van der Waals surface area contributed by atoms with E-state index in [0.29, 0.717) is 0 Å². The van der Waals surface area contributed by atoms with Crippen LogP contribution in [-0.2, 0) is 0 Å². The average molecular weight is 196 g/mol. The Kier molecular flexibility index (Phi) is 4.39. The fraction of sp³-hybridized carbons (Fsp3) is 0.400. The summed E-state index contributed by atoms with van der Waals surface area (Å²) in [5, 5.41) is 9.10. The third-order valence-electron chi connectivity index (χ3n) is 2.02. The molecule has 0 aliphatic rings. The first-order valence-electron chi connectivity index (χ1n) is 4.49. The van der Waals surface area contributed by atoms with Crippen LogP contribution in [0.3, 0.4) is 0 Å². The number of hydrogen-bond acceptors (Lipinski definition) is 4. The predicted octanol–water partition coefficient (Wildman–Crippen LogP) is 0.453. The lowest BCUT2D eigenvalue weighted by Crippen LogP contribution is -2.34. The summed E-state index contributed by atoms with van der Waals surface area (Å²) >= 11 is 0. The van der Waals surface area contributed by atoms with Gasteiger partial charge in [-0.15, -0.1) is 0 Å². The van der Waals surface area contributed by atoms with Crippen molar-refractivity contribution in [3.05, 3.63) is 29.8 Å². The Hall–Kier alpha value is -1.10. The van der Waals surface area contributed by atoms with E-state index in [2.05, 4.69) is 10.9 Å². The molecule has 4 nitrogen and oxygen atoms in total. The molecule has 0 radical (unpaired) electrons. The molecule has 0 saturated heterocycles. The number of methoxy groups -OCH3 is 1. The summed E-state index contributed by atoms with van der Waals surface area (Å²) in [7, 11) is 3.40. The zero-order chi connectivity index (χ0) is 10.4. The molecular formula is C10H16N2O2. The Labute approximate surface area is 83.9 Å². The van der Waals surface area contributed by atoms with Crippen LogP contribution in [0.15, 0.2) is 24.3 Å². The van der Waals surface area contributed by atoms with Gasteiger partial charge in [-0.25, -0.2) is 5.43 Å². The number of benzene rings is 1. The van der Waals surface area contributed by atoms with Crippen LogP contribution in [0.4, 0.5) is 0 Å². The lowest BCUT2D eigenvalue weighted by molar-refractivity contribution is 0.235. The summed E-state index contributed by atoms with van der Waals surface area (Å²) in [6.45, 7) is 0.0488. The molecule has 4 heteroatoms. The molecule has 78 valence electrons. The van der Waals surface area contributed by atoms with E-state index in [4.69, 9.17) is 9.84 Å². The van der Waals surface area contributed by atoms with Gasteiger partial charge in [-0.05, 0) is 24.7 Å². The molecule has 0 bridgehead atoms. The zero-order valence-electron chi connectivity index (χ0n) is 8.45. The highest BCUT2D eigenvalue weighted by Gasteiger charge is 2.07. The summed E-state index contributed by atoms with van der Waals surface area (Å²) in [4.78, 5) is 0. The Morgan fingerprint density at radius 1 is 1.36 bits per heavy atom. The first-order chi connectivity index (χ1) is 6.81. The van der Waals surface area contributed by atoms with Crippen molar-refractivity contribution in [1.82, 2.24) is 10.9 Å². The standard InChI is InChI=1S/C10H16N2O2/c1-11-12-10(7-13)8-3-5-9(14-2)6-4-8/h3-6,10-13H,7H2,1-2H3. The minimum Gasteiger partial charge on any atom is -0.497 e. The van der Waals surface area contributed by atoms with Gasteiger partial charge in [-0.2, -0.15) is 0 Å². The molecule has 3 N–H and O–H groups in total. The Morgan fingerprint density at radius 3 is 2.43 bits per heavy atom. The maximum atomic E-state index is 9.10. The van der Waals surface area contributed by atoms with Crippen LogP contribution in [0.2, 0.25) is 0 Å². The lowest BCUT2D eigenvalue weighted by Gasteiger charge is -2.15. The molecule has 1 aromatic rings. The van der Waals surface area contributed by atoms with E-state index in [1.54, 1.807) is 14.2 Å². The van der Waals surface area contributed by atoms with Gasteiger partial charge in [-0.3, -0.25) is 5.43 Å². The minimum absolute atomic E-state index is 0.0488. The fourth-order valence-corrected chi connectivity index (χ4v) is 1.24. The maximum Gasteiger partial charge on any atom is 0.118 e. The summed E-state index contributed by atoms with van der Waals surface area (Å²) in [5.74, 6) is 0.815. The smallest absolute Gasteiger partial charge is 0.118 e. The van der Waals surface area contributed by atoms with E-state index in [9.17, 15) is 0 Å². The largest absolute Gasteiger partial charge is 0.497 e. The quantitative estimate of drug-likeness (QED) is 0.599. The zero-order valence-corrected chi connectivity index (χ0v) is 8.45. The van der Waals surface area contributed by atoms with Gasteiger partial charge < -0.3 is 9.84 Å². The van der Waals surface area contributed by atoms with Crippen LogP contribution in [0, 0.1) is 0 Å². The number of ether oxygens (including phenoxy) is 1. The third kappa shape index (κ3) is 2.70. The number of rotatable bonds is 5. The molecule has 0 fully saturated rings. The van der Waals surface area contributed by atoms with Gasteiger partial charge in [0.25, 0.3) is 0 Å². The molecule has 0 heterocycles. The highest BCUT2D eigenvalue weighted by atomic mass is 16.5. The van der Waals surface area contributed by atoms with Crippen molar-refractivity contribution < 1.29 is 9.84 Å². The van der Waals surface area contributed by atoms with Crippen LogP contribution < -0.4 is 15.6 Å². The van der Waals surface area contributed by atoms with Crippen molar-refractivity contribution in [2.24, 2.45) is 0 Å². The average Bonchev–Trinajstić information content (AvgIpc) is 2.26. The molecule has 0 aliphatic heterocycles. The highest BCUT2D eigenvalue weighted by molar-refractivity contribution is 5.29. The predicted molar refractivity (Wildman–Crippen MR) is 55.0 cm³/mol. The molecule has 1 atom stereocenters. The lowest BCUT2D eigenvalue weighted by atomic mass is 10.1. The fourth-order valence-electron chi connectivity index (χ4n) is 1.24. The van der Waals surface area contributed by atoms with Gasteiger partial charge in [0.05, 0.1) is 19.8 Å². The molecule has 0 aliphatic carbocycles. The number of hydrogen-bond donors (Lipinski definition) is 3. The van der Waals surface area contributed by atoms with Crippen LogP contribution in [0.1, 0.15) is 11.6 Å². The van der Waals surface area contributed by atoms with Gasteiger partial charge in [0.15, 0.2) is 0 Å². The van der Waals surface area contributed by atoms with E-state index in [1.807, 2.05) is 24.3 Å². The van der Waals surface area contributed by atoms with Gasteiger partial charge in [0, 0.05) is 0 Å². The van der Waals surface area contributed by atoms with Crippen LogP contribution in [0.25, 0.3) is 0 Å². The van der Waals surface area contributed by atoms with Gasteiger partial charge in [0.1, 0.15) is 5.75 Å². The highest BCUT2D eigenvalue weighted by Crippen LogP contribution is 2.16. The van der Waals surface area contributed by atoms with Crippen molar-refractivity contribution in [1.29, 1.82) is 0 Å². The summed E-state index contributed by atoms with van der Waals surface area (Å²) in [6, 6.07) is 7.49. The summed E-state index contributed by atoms with van der Waals surface area (Å²) < 4.78 is 5.04. The molecule has 0 saturated carbocycles. The molecule has 14 heavy (non-hydrogen) atoms. The molecule has 1 rings (SSSR count). The number of aliphatic hydroxyl groups is 1. The SMILES string of the molecule is CNNC(CO)c1ccc(OC)cc1. The summed E-state index contributed by atoms with van der Waals surface area (Å²) in [6.07, 6.45) is 0. The third-order valence-corrected chi connectivity index (χ3v) is 2.02. The second-order valence-corrected chi connectivity index (χ2v) is 2.90. The number of hydrazine groups is 1. The van der Waals surface area contributed by atoms with Crippen LogP contribution >= 0.6 is 0 Å².